The summed E-state index contributed by atoms with van der Waals surface area (Å²) in [4.78, 5) is 4.84. The van der Waals surface area contributed by atoms with Crippen molar-refractivity contribution in [2.45, 2.75) is 25.5 Å². The molecule has 1 aromatic carbocycles. The number of nitrogens with zero attached hydrogens (tertiary/aromatic N) is 1. The molecule has 0 spiro atoms. The molecule has 0 aliphatic carbocycles. The van der Waals surface area contributed by atoms with E-state index in [1.807, 2.05) is 38.1 Å². The molecule has 30 heavy (non-hydrogen) atoms. The van der Waals surface area contributed by atoms with E-state index in [0.717, 1.165) is 10.9 Å². The molecule has 5 nitrogen and oxygen atoms in total. The Bertz CT molecular complexity index is 994. The first-order valence-corrected chi connectivity index (χ1v) is 9.69. The smallest absolute Gasteiger partial charge is 0.146 e. The molecule has 0 saturated heterocycles. The van der Waals surface area contributed by atoms with Crippen LogP contribution in [0.4, 0.5) is 0 Å². The van der Waals surface area contributed by atoms with Gasteiger partial charge in [-0.1, -0.05) is 30.0 Å². The molecule has 2 rings (SSSR count). The minimum atomic E-state index is -0.614. The predicted molar refractivity (Wildman–Crippen MR) is 123 cm³/mol. The summed E-state index contributed by atoms with van der Waals surface area (Å²) in [5.41, 5.74) is 0.926. The summed E-state index contributed by atoms with van der Waals surface area (Å²) < 4.78 is 17.0. The third kappa shape index (κ3) is 6.76. The molecule has 1 unspecified atom stereocenters. The molecule has 1 heterocycles. The summed E-state index contributed by atoms with van der Waals surface area (Å²) >= 11 is 5.55. The number of nitrogens with one attached hydrogen (secondary N) is 1. The molecular formula is C24H24N2O3S. The third-order valence-electron chi connectivity index (χ3n) is 4.14. The summed E-state index contributed by atoms with van der Waals surface area (Å²) in [5.74, 6) is 8.12. The van der Waals surface area contributed by atoms with Crippen molar-refractivity contribution >= 4 is 28.1 Å². The van der Waals surface area contributed by atoms with Gasteiger partial charge in [0.25, 0.3) is 0 Å². The lowest BCUT2D eigenvalue weighted by Gasteiger charge is -2.32. The minimum absolute atomic E-state index is 0.190. The van der Waals surface area contributed by atoms with Crippen molar-refractivity contribution in [3.63, 3.8) is 0 Å². The van der Waals surface area contributed by atoms with Crippen molar-refractivity contribution in [1.82, 2.24) is 10.3 Å². The standard InChI is InChI=1S/C24H24N2O3S/c1-6-11-27-16-24(5,17-28-12-7-2)26-23(30)18(4)29-21-9-10-22-20(14-21)13-19(8-3)15-25-22/h1-3,9-10,13-15,18H,11-12,16-17H2,4-5H3,(H,26,30). The molecule has 154 valence electrons. The van der Waals surface area contributed by atoms with Gasteiger partial charge < -0.3 is 19.5 Å². The number of fused-ring (bicyclic) bond motifs is 1. The van der Waals surface area contributed by atoms with Gasteiger partial charge in [-0.3, -0.25) is 4.98 Å². The number of hydrogen-bond acceptors (Lipinski definition) is 5. The zero-order chi connectivity index (χ0) is 22.0. The fourth-order valence-electron chi connectivity index (χ4n) is 2.70. The summed E-state index contributed by atoms with van der Waals surface area (Å²) in [6.45, 7) is 4.75. The third-order valence-corrected chi connectivity index (χ3v) is 4.57. The highest BCUT2D eigenvalue weighted by atomic mass is 32.1. The van der Waals surface area contributed by atoms with Crippen LogP contribution < -0.4 is 10.1 Å². The number of pyridine rings is 1. The Hall–Kier alpha value is -3.08. The van der Waals surface area contributed by atoms with E-state index in [9.17, 15) is 0 Å². The highest BCUT2D eigenvalue weighted by molar-refractivity contribution is 7.80. The first kappa shape index (κ1) is 23.2. The Morgan fingerprint density at radius 3 is 2.43 bits per heavy atom. The Labute approximate surface area is 183 Å². The molecule has 0 bridgehead atoms. The van der Waals surface area contributed by atoms with Gasteiger partial charge in [0.2, 0.25) is 0 Å². The van der Waals surface area contributed by atoms with Gasteiger partial charge in [0, 0.05) is 17.1 Å². The Balaban J connectivity index is 2.07. The van der Waals surface area contributed by atoms with Gasteiger partial charge in [0.05, 0.1) is 24.3 Å². The summed E-state index contributed by atoms with van der Waals surface area (Å²) in [7, 11) is 0. The number of rotatable bonds is 10. The highest BCUT2D eigenvalue weighted by Gasteiger charge is 2.28. The van der Waals surface area contributed by atoms with Crippen molar-refractivity contribution in [2.24, 2.45) is 0 Å². The quantitative estimate of drug-likeness (QED) is 0.362. The van der Waals surface area contributed by atoms with Gasteiger partial charge in [-0.2, -0.15) is 0 Å². The Kier molecular flexibility index (Phi) is 8.66. The molecule has 1 aromatic heterocycles. The molecule has 6 heteroatoms. The summed E-state index contributed by atoms with van der Waals surface area (Å²) in [5, 5.41) is 4.16. The average Bonchev–Trinajstić information content (AvgIpc) is 2.73. The minimum Gasteiger partial charge on any atom is -0.484 e. The molecule has 0 amide bonds. The number of ether oxygens (including phenoxy) is 3. The average molecular weight is 421 g/mol. The Morgan fingerprint density at radius 2 is 1.83 bits per heavy atom. The first-order valence-electron chi connectivity index (χ1n) is 9.28. The summed E-state index contributed by atoms with van der Waals surface area (Å²) in [6, 6.07) is 7.49. The van der Waals surface area contributed by atoms with Gasteiger partial charge in [-0.15, -0.1) is 19.3 Å². The van der Waals surface area contributed by atoms with Crippen molar-refractivity contribution < 1.29 is 14.2 Å². The fraction of sp³-hybridized carbons (Fsp3) is 0.333. The molecule has 2 aromatic rings. The normalized spacial score (nSPS) is 11.7. The van der Waals surface area contributed by atoms with Crippen molar-refractivity contribution in [2.75, 3.05) is 26.4 Å². The van der Waals surface area contributed by atoms with Gasteiger partial charge in [0.15, 0.2) is 0 Å². The second kappa shape index (κ2) is 11.2. The number of aromatic nitrogens is 1. The SMILES string of the molecule is C#CCOCC(C)(COCC#C)NC(=S)C(C)Oc1ccc2ncc(C#C)cc2c1. The zero-order valence-electron chi connectivity index (χ0n) is 17.1. The molecule has 0 radical (unpaired) electrons. The van der Waals surface area contributed by atoms with Gasteiger partial charge in [-0.25, -0.2) is 0 Å². The summed E-state index contributed by atoms with van der Waals surface area (Å²) in [6.07, 6.45) is 17.2. The van der Waals surface area contributed by atoms with E-state index in [-0.39, 0.29) is 13.2 Å². The van der Waals surface area contributed by atoms with E-state index in [4.69, 9.17) is 45.7 Å². The van der Waals surface area contributed by atoms with Crippen LogP contribution in [0.3, 0.4) is 0 Å². The topological polar surface area (TPSA) is 52.6 Å². The predicted octanol–water partition coefficient (Wildman–Crippen LogP) is 2.96. The van der Waals surface area contributed by atoms with E-state index in [1.165, 1.54) is 0 Å². The van der Waals surface area contributed by atoms with E-state index >= 15 is 0 Å². The monoisotopic (exact) mass is 420 g/mol. The van der Waals surface area contributed by atoms with Gasteiger partial charge in [-0.05, 0) is 38.1 Å². The maximum atomic E-state index is 6.03. The zero-order valence-corrected chi connectivity index (χ0v) is 17.9. The van der Waals surface area contributed by atoms with Crippen LogP contribution in [-0.2, 0) is 9.47 Å². The number of hydrogen-bond donors (Lipinski definition) is 1. The maximum absolute atomic E-state index is 6.03. The van der Waals surface area contributed by atoms with Crippen molar-refractivity contribution in [3.8, 4) is 42.8 Å². The van der Waals surface area contributed by atoms with E-state index < -0.39 is 11.6 Å². The van der Waals surface area contributed by atoms with Crippen LogP contribution in [-0.4, -0.2) is 48.0 Å². The lowest BCUT2D eigenvalue weighted by molar-refractivity contribution is 0.0411. The molecule has 1 N–H and O–H groups in total. The van der Waals surface area contributed by atoms with Crippen LogP contribution in [0.1, 0.15) is 19.4 Å². The molecule has 0 fully saturated rings. The molecule has 0 aliphatic rings. The van der Waals surface area contributed by atoms with Crippen LogP contribution >= 0.6 is 12.2 Å². The largest absolute Gasteiger partial charge is 0.484 e. The van der Waals surface area contributed by atoms with Crippen LogP contribution in [0.2, 0.25) is 0 Å². The second-order valence-electron chi connectivity index (χ2n) is 6.93. The highest BCUT2D eigenvalue weighted by Crippen LogP contribution is 2.21. The lowest BCUT2D eigenvalue weighted by atomic mass is 10.0. The van der Waals surface area contributed by atoms with Gasteiger partial charge in [0.1, 0.15) is 30.1 Å². The number of benzene rings is 1. The molecular weight excluding hydrogens is 396 g/mol. The molecule has 0 aliphatic heterocycles. The van der Waals surface area contributed by atoms with Crippen molar-refractivity contribution in [1.29, 1.82) is 0 Å². The second-order valence-corrected chi connectivity index (χ2v) is 7.37. The number of thiocarbonyl (C=S) groups is 1. The molecule has 0 saturated carbocycles. The number of terminal acetylenes is 3. The maximum Gasteiger partial charge on any atom is 0.146 e. The van der Waals surface area contributed by atoms with Crippen molar-refractivity contribution in [3.05, 3.63) is 36.0 Å². The van der Waals surface area contributed by atoms with Crippen LogP contribution in [0, 0.1) is 37.0 Å². The van der Waals surface area contributed by atoms with Crippen LogP contribution in [0.15, 0.2) is 30.5 Å². The van der Waals surface area contributed by atoms with Crippen LogP contribution in [0.25, 0.3) is 10.9 Å². The fourth-order valence-corrected chi connectivity index (χ4v) is 3.00. The first-order chi connectivity index (χ1) is 14.4. The lowest BCUT2D eigenvalue weighted by Crippen LogP contribution is -2.55. The van der Waals surface area contributed by atoms with E-state index in [2.05, 4.69) is 28.1 Å². The molecule has 1 atom stereocenters. The van der Waals surface area contributed by atoms with Crippen LogP contribution in [0.5, 0.6) is 5.75 Å². The Morgan fingerprint density at radius 1 is 1.17 bits per heavy atom. The van der Waals surface area contributed by atoms with E-state index in [0.29, 0.717) is 29.5 Å². The van der Waals surface area contributed by atoms with E-state index in [1.54, 1.807) is 6.20 Å². The van der Waals surface area contributed by atoms with Gasteiger partial charge >= 0.3 is 0 Å².